The lowest BCUT2D eigenvalue weighted by atomic mass is 10.2. The first-order chi connectivity index (χ1) is 9.99. The second kappa shape index (κ2) is 9.30. The molecule has 0 unspecified atom stereocenters. The third kappa shape index (κ3) is 7.18. The van der Waals surface area contributed by atoms with Crippen LogP contribution in [-0.4, -0.2) is 47.4 Å². The smallest absolute Gasteiger partial charge is 0.333 e. The van der Waals surface area contributed by atoms with Gasteiger partial charge in [-0.05, 0) is 19.4 Å². The zero-order chi connectivity index (χ0) is 15.7. The molecule has 0 aliphatic rings. The lowest BCUT2D eigenvalue weighted by molar-refractivity contribution is -0.118. The van der Waals surface area contributed by atoms with Crippen LogP contribution in [0.5, 0.6) is 0 Å². The Kier molecular flexibility index (Phi) is 8.11. The average Bonchev–Trinajstić information content (AvgIpc) is 2.39. The maximum absolute atomic E-state index is 12.3. The van der Waals surface area contributed by atoms with Gasteiger partial charge < -0.3 is 19.4 Å². The number of hydrogen-bond donors (Lipinski definition) is 2. The Labute approximate surface area is 125 Å². The molecule has 21 heavy (non-hydrogen) atoms. The van der Waals surface area contributed by atoms with Crippen LogP contribution in [-0.2, 0) is 20.2 Å². The Bertz CT molecular complexity index is 432. The van der Waals surface area contributed by atoms with E-state index in [0.29, 0.717) is 0 Å². The minimum atomic E-state index is -3.30. The van der Waals surface area contributed by atoms with Crippen molar-refractivity contribution in [1.29, 1.82) is 0 Å². The van der Waals surface area contributed by atoms with Gasteiger partial charge in [0.25, 0.3) is 0 Å². The van der Waals surface area contributed by atoms with Crippen LogP contribution in [0, 0.1) is 0 Å². The van der Waals surface area contributed by atoms with Crippen LogP contribution in [0.25, 0.3) is 0 Å². The fourth-order valence-corrected chi connectivity index (χ4v) is 3.66. The first kappa shape index (κ1) is 18.3. The fourth-order valence-electron chi connectivity index (χ4n) is 1.95. The summed E-state index contributed by atoms with van der Waals surface area (Å²) in [7, 11) is -3.30. The number of aliphatic hydroxyl groups excluding tert-OH is 1. The van der Waals surface area contributed by atoms with Gasteiger partial charge >= 0.3 is 7.60 Å². The van der Waals surface area contributed by atoms with E-state index >= 15 is 0 Å². The summed E-state index contributed by atoms with van der Waals surface area (Å²) in [6, 6.07) is 9.39. The summed E-state index contributed by atoms with van der Waals surface area (Å²) < 4.78 is 22.5. The van der Waals surface area contributed by atoms with Crippen LogP contribution in [0.4, 0.5) is 0 Å². The standard InChI is InChI=1S/C14H24NO5P/c1-3-19-21(18,20-4-2)12-14(16)11-15(17)10-13-8-6-5-7-9-13/h5-9,14,16-17H,3-4,10-12H2,1-2H3/t14-/m0/s1. The summed E-state index contributed by atoms with van der Waals surface area (Å²) in [4.78, 5) is 0. The van der Waals surface area contributed by atoms with Crippen LogP contribution in [0.3, 0.4) is 0 Å². The molecule has 0 spiro atoms. The molecule has 0 bridgehead atoms. The van der Waals surface area contributed by atoms with Crippen LogP contribution in [0.2, 0.25) is 0 Å². The number of aliphatic hydroxyl groups is 1. The van der Waals surface area contributed by atoms with Crippen molar-refractivity contribution < 1.29 is 23.9 Å². The van der Waals surface area contributed by atoms with E-state index in [4.69, 9.17) is 9.05 Å². The Morgan fingerprint density at radius 1 is 1.19 bits per heavy atom. The monoisotopic (exact) mass is 317 g/mol. The average molecular weight is 317 g/mol. The molecule has 2 N–H and O–H groups in total. The molecule has 0 radical (unpaired) electrons. The van der Waals surface area contributed by atoms with Gasteiger partial charge in [-0.3, -0.25) is 4.57 Å². The van der Waals surface area contributed by atoms with Gasteiger partial charge in [0.05, 0.1) is 32.0 Å². The van der Waals surface area contributed by atoms with Gasteiger partial charge in [-0.2, -0.15) is 5.06 Å². The topological polar surface area (TPSA) is 79.2 Å². The van der Waals surface area contributed by atoms with Gasteiger partial charge in [0.15, 0.2) is 0 Å². The Morgan fingerprint density at radius 3 is 2.29 bits per heavy atom. The van der Waals surface area contributed by atoms with E-state index in [-0.39, 0.29) is 32.5 Å². The Morgan fingerprint density at radius 2 is 1.76 bits per heavy atom. The van der Waals surface area contributed by atoms with Gasteiger partial charge in [0.2, 0.25) is 0 Å². The van der Waals surface area contributed by atoms with E-state index in [1.54, 1.807) is 13.8 Å². The lowest BCUT2D eigenvalue weighted by Gasteiger charge is -2.23. The summed E-state index contributed by atoms with van der Waals surface area (Å²) in [6.45, 7) is 4.18. The highest BCUT2D eigenvalue weighted by Gasteiger charge is 2.28. The quantitative estimate of drug-likeness (QED) is 0.510. The molecule has 0 fully saturated rings. The Hall–Kier alpha value is -0.750. The third-order valence-corrected chi connectivity index (χ3v) is 4.89. The van der Waals surface area contributed by atoms with Gasteiger partial charge in [-0.1, -0.05) is 30.3 Å². The molecule has 1 atom stereocenters. The molecule has 0 saturated carbocycles. The lowest BCUT2D eigenvalue weighted by Crippen LogP contribution is -2.32. The zero-order valence-corrected chi connectivity index (χ0v) is 13.4. The first-order valence-electron chi connectivity index (χ1n) is 7.03. The predicted molar refractivity (Wildman–Crippen MR) is 80.4 cm³/mol. The van der Waals surface area contributed by atoms with Crippen molar-refractivity contribution in [3.8, 4) is 0 Å². The van der Waals surface area contributed by atoms with E-state index in [1.807, 2.05) is 30.3 Å². The number of nitrogens with zero attached hydrogens (tertiary/aromatic N) is 1. The van der Waals surface area contributed by atoms with Crippen LogP contribution < -0.4 is 0 Å². The molecule has 1 aromatic carbocycles. The summed E-state index contributed by atoms with van der Waals surface area (Å²) in [6.07, 6.45) is -1.14. The van der Waals surface area contributed by atoms with Gasteiger partial charge in [-0.15, -0.1) is 0 Å². The molecular weight excluding hydrogens is 293 g/mol. The van der Waals surface area contributed by atoms with Crippen molar-refractivity contribution in [3.63, 3.8) is 0 Å². The van der Waals surface area contributed by atoms with E-state index in [1.165, 1.54) is 0 Å². The van der Waals surface area contributed by atoms with E-state index < -0.39 is 13.7 Å². The number of rotatable bonds is 10. The molecule has 0 aliphatic carbocycles. The summed E-state index contributed by atoms with van der Waals surface area (Å²) >= 11 is 0. The molecule has 7 heteroatoms. The largest absolute Gasteiger partial charge is 0.391 e. The van der Waals surface area contributed by atoms with Crippen molar-refractivity contribution in [2.24, 2.45) is 0 Å². The van der Waals surface area contributed by atoms with Gasteiger partial charge in [0.1, 0.15) is 0 Å². The second-order valence-electron chi connectivity index (χ2n) is 4.62. The number of hydrogen-bond acceptors (Lipinski definition) is 6. The highest BCUT2D eigenvalue weighted by Crippen LogP contribution is 2.48. The van der Waals surface area contributed by atoms with Gasteiger partial charge in [0, 0.05) is 6.54 Å². The number of benzene rings is 1. The maximum atomic E-state index is 12.3. The molecule has 0 aliphatic heterocycles. The fraction of sp³-hybridized carbons (Fsp3) is 0.571. The van der Waals surface area contributed by atoms with Crippen LogP contribution in [0.1, 0.15) is 19.4 Å². The van der Waals surface area contributed by atoms with Crippen molar-refractivity contribution >= 4 is 7.60 Å². The normalized spacial score (nSPS) is 13.6. The van der Waals surface area contributed by atoms with Gasteiger partial charge in [-0.25, -0.2) is 0 Å². The summed E-state index contributed by atoms with van der Waals surface area (Å²) in [5.41, 5.74) is 0.921. The summed E-state index contributed by atoms with van der Waals surface area (Å²) in [5.74, 6) is 0. The van der Waals surface area contributed by atoms with Crippen molar-refractivity contribution in [3.05, 3.63) is 35.9 Å². The summed E-state index contributed by atoms with van der Waals surface area (Å²) in [5, 5.41) is 20.8. The van der Waals surface area contributed by atoms with Crippen LogP contribution >= 0.6 is 7.60 Å². The molecule has 1 aromatic rings. The molecule has 6 nitrogen and oxygen atoms in total. The molecule has 0 heterocycles. The van der Waals surface area contributed by atoms with Crippen molar-refractivity contribution in [2.75, 3.05) is 25.9 Å². The third-order valence-electron chi connectivity index (χ3n) is 2.72. The number of hydroxylamine groups is 2. The van der Waals surface area contributed by atoms with Crippen LogP contribution in [0.15, 0.2) is 30.3 Å². The highest BCUT2D eigenvalue weighted by molar-refractivity contribution is 7.53. The Balaban J connectivity index is 2.47. The maximum Gasteiger partial charge on any atom is 0.333 e. The van der Waals surface area contributed by atoms with E-state index in [9.17, 15) is 14.9 Å². The minimum absolute atomic E-state index is 0.0287. The second-order valence-corrected chi connectivity index (χ2v) is 6.72. The molecule has 1 rings (SSSR count). The van der Waals surface area contributed by atoms with Crippen molar-refractivity contribution in [2.45, 2.75) is 26.5 Å². The van der Waals surface area contributed by atoms with E-state index in [2.05, 4.69) is 0 Å². The molecule has 0 amide bonds. The SMILES string of the molecule is CCOP(=O)(C[C@@H](O)CN(O)Cc1ccccc1)OCC. The van der Waals surface area contributed by atoms with Crippen molar-refractivity contribution in [1.82, 2.24) is 5.06 Å². The molecule has 0 saturated heterocycles. The molecular formula is C14H24NO5P. The highest BCUT2D eigenvalue weighted by atomic mass is 31.2. The minimum Gasteiger partial charge on any atom is -0.391 e. The molecule has 0 aromatic heterocycles. The predicted octanol–water partition coefficient (Wildman–Crippen LogP) is 2.50. The zero-order valence-electron chi connectivity index (χ0n) is 12.5. The molecule has 120 valence electrons. The first-order valence-corrected chi connectivity index (χ1v) is 8.75. The van der Waals surface area contributed by atoms with E-state index in [0.717, 1.165) is 10.6 Å².